The van der Waals surface area contributed by atoms with Crippen LogP contribution in [0.5, 0.6) is 0 Å². The number of carbonyl (C=O) groups excluding carboxylic acids is 1. The number of benzene rings is 1. The van der Waals surface area contributed by atoms with Gasteiger partial charge in [0, 0.05) is 26.2 Å². The molecule has 22 heavy (non-hydrogen) atoms. The molecule has 0 fully saturated rings. The standard InChI is InChI=1S/C17H28N2O3/c1-14(15(2)18)17(20)19(9-10-22-12-11-21-3)13-16-7-5-4-6-8-16/h4-8,14-15H,9-13,18H2,1-3H3. The van der Waals surface area contributed by atoms with Crippen LogP contribution in [0.25, 0.3) is 0 Å². The minimum Gasteiger partial charge on any atom is -0.382 e. The van der Waals surface area contributed by atoms with E-state index in [0.717, 1.165) is 5.56 Å². The van der Waals surface area contributed by atoms with Crippen LogP contribution in [0.2, 0.25) is 0 Å². The molecule has 0 aromatic heterocycles. The lowest BCUT2D eigenvalue weighted by atomic mass is 10.0. The van der Waals surface area contributed by atoms with Crippen LogP contribution in [0.15, 0.2) is 30.3 Å². The van der Waals surface area contributed by atoms with Crippen molar-refractivity contribution in [1.29, 1.82) is 0 Å². The Bertz CT molecular complexity index is 423. The van der Waals surface area contributed by atoms with E-state index >= 15 is 0 Å². The second-order valence-corrected chi connectivity index (χ2v) is 5.50. The van der Waals surface area contributed by atoms with Crippen LogP contribution in [0.1, 0.15) is 19.4 Å². The fourth-order valence-electron chi connectivity index (χ4n) is 2.00. The lowest BCUT2D eigenvalue weighted by Crippen LogP contribution is -2.42. The summed E-state index contributed by atoms with van der Waals surface area (Å²) in [5.41, 5.74) is 6.97. The lowest BCUT2D eigenvalue weighted by Gasteiger charge is -2.27. The highest BCUT2D eigenvalue weighted by atomic mass is 16.5. The SMILES string of the molecule is COCCOCCN(Cc1ccccc1)C(=O)C(C)C(C)N. The Morgan fingerprint density at radius 1 is 1.18 bits per heavy atom. The summed E-state index contributed by atoms with van der Waals surface area (Å²) in [6.07, 6.45) is 0. The van der Waals surface area contributed by atoms with Crippen molar-refractivity contribution in [3.05, 3.63) is 35.9 Å². The van der Waals surface area contributed by atoms with Gasteiger partial charge in [0.15, 0.2) is 0 Å². The quantitative estimate of drug-likeness (QED) is 0.668. The molecule has 1 aromatic rings. The largest absolute Gasteiger partial charge is 0.382 e. The summed E-state index contributed by atoms with van der Waals surface area (Å²) in [7, 11) is 1.64. The van der Waals surface area contributed by atoms with Crippen LogP contribution >= 0.6 is 0 Å². The van der Waals surface area contributed by atoms with Crippen LogP contribution < -0.4 is 5.73 Å². The van der Waals surface area contributed by atoms with Crippen molar-refractivity contribution in [2.24, 2.45) is 11.7 Å². The fraction of sp³-hybridized carbons (Fsp3) is 0.588. The zero-order valence-electron chi connectivity index (χ0n) is 13.8. The molecular formula is C17H28N2O3. The zero-order chi connectivity index (χ0) is 16.4. The highest BCUT2D eigenvalue weighted by Gasteiger charge is 2.23. The van der Waals surface area contributed by atoms with Crippen LogP contribution in [-0.2, 0) is 20.8 Å². The second-order valence-electron chi connectivity index (χ2n) is 5.50. The molecule has 124 valence electrons. The van der Waals surface area contributed by atoms with E-state index in [1.165, 1.54) is 0 Å². The summed E-state index contributed by atoms with van der Waals surface area (Å²) in [6, 6.07) is 9.78. The van der Waals surface area contributed by atoms with Crippen molar-refractivity contribution >= 4 is 5.91 Å². The van der Waals surface area contributed by atoms with Crippen molar-refractivity contribution in [2.45, 2.75) is 26.4 Å². The Morgan fingerprint density at radius 2 is 1.86 bits per heavy atom. The number of amides is 1. The third-order valence-corrected chi connectivity index (χ3v) is 3.64. The fourth-order valence-corrected chi connectivity index (χ4v) is 2.00. The molecule has 0 heterocycles. The normalized spacial score (nSPS) is 13.6. The van der Waals surface area contributed by atoms with Gasteiger partial charge in [0.05, 0.1) is 25.7 Å². The third-order valence-electron chi connectivity index (χ3n) is 3.64. The molecule has 2 N–H and O–H groups in total. The Hall–Kier alpha value is -1.43. The molecule has 5 nitrogen and oxygen atoms in total. The molecule has 5 heteroatoms. The maximum Gasteiger partial charge on any atom is 0.227 e. The lowest BCUT2D eigenvalue weighted by molar-refractivity contribution is -0.137. The van der Waals surface area contributed by atoms with Crippen molar-refractivity contribution in [1.82, 2.24) is 4.90 Å². The Balaban J connectivity index is 2.62. The molecular weight excluding hydrogens is 280 g/mol. The van der Waals surface area contributed by atoms with Gasteiger partial charge in [0.1, 0.15) is 0 Å². The minimum absolute atomic E-state index is 0.0641. The van der Waals surface area contributed by atoms with Crippen molar-refractivity contribution in [3.63, 3.8) is 0 Å². The Kier molecular flexibility index (Phi) is 8.74. The first-order valence-corrected chi connectivity index (χ1v) is 7.71. The number of ether oxygens (including phenoxy) is 2. The minimum atomic E-state index is -0.206. The molecule has 0 saturated heterocycles. The molecule has 2 atom stereocenters. The molecule has 0 spiro atoms. The van der Waals surface area contributed by atoms with Crippen molar-refractivity contribution in [2.75, 3.05) is 33.5 Å². The molecule has 0 bridgehead atoms. The summed E-state index contributed by atoms with van der Waals surface area (Å²) >= 11 is 0. The first-order chi connectivity index (χ1) is 10.6. The summed E-state index contributed by atoms with van der Waals surface area (Å²) in [5, 5.41) is 0. The average Bonchev–Trinajstić information content (AvgIpc) is 2.53. The van der Waals surface area contributed by atoms with Crippen LogP contribution in [-0.4, -0.2) is 50.3 Å². The molecule has 0 saturated carbocycles. The number of carbonyl (C=O) groups is 1. The van der Waals surface area contributed by atoms with Crippen molar-refractivity contribution in [3.8, 4) is 0 Å². The van der Waals surface area contributed by atoms with Gasteiger partial charge < -0.3 is 20.1 Å². The van der Waals surface area contributed by atoms with E-state index in [-0.39, 0.29) is 17.9 Å². The number of nitrogens with zero attached hydrogens (tertiary/aromatic N) is 1. The predicted octanol–water partition coefficient (Wildman–Crippen LogP) is 1.66. The van der Waals surface area contributed by atoms with Gasteiger partial charge in [0.2, 0.25) is 5.91 Å². The molecule has 0 aliphatic heterocycles. The highest BCUT2D eigenvalue weighted by molar-refractivity contribution is 5.79. The van der Waals surface area contributed by atoms with Crippen molar-refractivity contribution < 1.29 is 14.3 Å². The molecule has 1 aromatic carbocycles. The number of rotatable bonds is 10. The van der Waals surface area contributed by atoms with Gasteiger partial charge in [-0.3, -0.25) is 4.79 Å². The monoisotopic (exact) mass is 308 g/mol. The molecule has 0 radical (unpaired) electrons. The molecule has 0 aliphatic carbocycles. The van der Waals surface area contributed by atoms with Gasteiger partial charge >= 0.3 is 0 Å². The highest BCUT2D eigenvalue weighted by Crippen LogP contribution is 2.11. The molecule has 2 unspecified atom stereocenters. The van der Waals surface area contributed by atoms with Gasteiger partial charge in [-0.1, -0.05) is 37.3 Å². The van der Waals surface area contributed by atoms with Gasteiger partial charge in [-0.15, -0.1) is 0 Å². The third kappa shape index (κ3) is 6.56. The molecule has 1 rings (SSSR count). The topological polar surface area (TPSA) is 64.8 Å². The van der Waals surface area contributed by atoms with E-state index in [1.807, 2.05) is 49.1 Å². The van der Waals surface area contributed by atoms with Gasteiger partial charge in [-0.05, 0) is 12.5 Å². The number of methoxy groups -OCH3 is 1. The maximum absolute atomic E-state index is 12.6. The van der Waals surface area contributed by atoms with Crippen LogP contribution in [0.4, 0.5) is 0 Å². The zero-order valence-corrected chi connectivity index (χ0v) is 13.8. The maximum atomic E-state index is 12.6. The Morgan fingerprint density at radius 3 is 2.45 bits per heavy atom. The molecule has 1 amide bonds. The van der Waals surface area contributed by atoms with Gasteiger partial charge in [0.25, 0.3) is 0 Å². The average molecular weight is 308 g/mol. The number of nitrogens with two attached hydrogens (primary N) is 1. The van der Waals surface area contributed by atoms with Gasteiger partial charge in [-0.2, -0.15) is 0 Å². The molecule has 0 aliphatic rings. The number of hydrogen-bond acceptors (Lipinski definition) is 4. The number of hydrogen-bond donors (Lipinski definition) is 1. The second kappa shape index (κ2) is 10.3. The van der Waals surface area contributed by atoms with Gasteiger partial charge in [-0.25, -0.2) is 0 Å². The first-order valence-electron chi connectivity index (χ1n) is 7.71. The van der Waals surface area contributed by atoms with Crippen LogP contribution in [0.3, 0.4) is 0 Å². The predicted molar refractivity (Wildman–Crippen MR) is 87.4 cm³/mol. The first kappa shape index (κ1) is 18.6. The van der Waals surface area contributed by atoms with E-state index in [9.17, 15) is 4.79 Å². The van der Waals surface area contributed by atoms with E-state index in [2.05, 4.69) is 0 Å². The van der Waals surface area contributed by atoms with E-state index < -0.39 is 0 Å². The summed E-state index contributed by atoms with van der Waals surface area (Å²) in [5.74, 6) is -0.142. The van der Waals surface area contributed by atoms with E-state index in [1.54, 1.807) is 7.11 Å². The summed E-state index contributed by atoms with van der Waals surface area (Å²) in [4.78, 5) is 14.4. The van der Waals surface area contributed by atoms with Crippen LogP contribution in [0, 0.1) is 5.92 Å². The smallest absolute Gasteiger partial charge is 0.227 e. The van der Waals surface area contributed by atoms with E-state index in [4.69, 9.17) is 15.2 Å². The van der Waals surface area contributed by atoms with E-state index in [0.29, 0.717) is 32.9 Å². The Labute approximate surface area is 133 Å². The summed E-state index contributed by atoms with van der Waals surface area (Å²) in [6.45, 7) is 6.44. The summed E-state index contributed by atoms with van der Waals surface area (Å²) < 4.78 is 10.4.